The molecule has 1 heterocycles. The third kappa shape index (κ3) is 2.71. The Hall–Kier alpha value is -1.71. The maximum Gasteiger partial charge on any atom is 0.172 e. The molecule has 1 aromatic carbocycles. The van der Waals surface area contributed by atoms with Crippen molar-refractivity contribution in [3.63, 3.8) is 0 Å². The van der Waals surface area contributed by atoms with Gasteiger partial charge in [-0.1, -0.05) is 24.1 Å². The van der Waals surface area contributed by atoms with Crippen molar-refractivity contribution in [2.75, 3.05) is 11.4 Å². The number of nitrogens with two attached hydrogens (primary N) is 1. The third-order valence-corrected chi connectivity index (χ3v) is 5.09. The molecule has 0 radical (unpaired) electrons. The summed E-state index contributed by atoms with van der Waals surface area (Å²) in [7, 11) is 0. The molecule has 4 nitrogen and oxygen atoms in total. The minimum atomic E-state index is 0.210. The van der Waals surface area contributed by atoms with Crippen molar-refractivity contribution < 1.29 is 5.21 Å². The van der Waals surface area contributed by atoms with E-state index in [2.05, 4.69) is 23.0 Å². The van der Waals surface area contributed by atoms with Gasteiger partial charge in [-0.3, -0.25) is 0 Å². The number of nitrogens with zero attached hydrogens (tertiary/aromatic N) is 2. The van der Waals surface area contributed by atoms with Gasteiger partial charge in [-0.05, 0) is 56.2 Å². The highest BCUT2D eigenvalue weighted by Gasteiger charge is 2.34. The normalized spacial score (nSPS) is 24.0. The molecule has 4 heteroatoms. The SMILES string of the molecule is Cc1ccc(C(N)=NO)c(N2CCCC2C2CCCC2)c1. The highest BCUT2D eigenvalue weighted by molar-refractivity contribution is 6.02. The molecule has 114 valence electrons. The first-order valence-corrected chi connectivity index (χ1v) is 8.06. The first-order chi connectivity index (χ1) is 10.2. The molecule has 1 unspecified atom stereocenters. The predicted molar refractivity (Wildman–Crippen MR) is 86.0 cm³/mol. The van der Waals surface area contributed by atoms with Crippen LogP contribution in [0, 0.1) is 12.8 Å². The van der Waals surface area contributed by atoms with E-state index >= 15 is 0 Å². The number of amidine groups is 1. The summed E-state index contributed by atoms with van der Waals surface area (Å²) in [5, 5.41) is 12.3. The minimum Gasteiger partial charge on any atom is -0.409 e. The van der Waals surface area contributed by atoms with Crippen LogP contribution in [0.1, 0.15) is 49.7 Å². The summed E-state index contributed by atoms with van der Waals surface area (Å²) in [6.45, 7) is 3.18. The second kappa shape index (κ2) is 5.96. The molecule has 1 aliphatic carbocycles. The van der Waals surface area contributed by atoms with Crippen molar-refractivity contribution in [1.29, 1.82) is 0 Å². The van der Waals surface area contributed by atoms with Gasteiger partial charge in [-0.25, -0.2) is 0 Å². The molecule has 3 rings (SSSR count). The molecule has 0 amide bonds. The van der Waals surface area contributed by atoms with E-state index in [-0.39, 0.29) is 5.84 Å². The van der Waals surface area contributed by atoms with Gasteiger partial charge in [-0.15, -0.1) is 0 Å². The Morgan fingerprint density at radius 3 is 2.71 bits per heavy atom. The number of anilines is 1. The lowest BCUT2D eigenvalue weighted by atomic mass is 9.95. The fraction of sp³-hybridized carbons (Fsp3) is 0.588. The molecule has 0 bridgehead atoms. The van der Waals surface area contributed by atoms with Gasteiger partial charge in [0.05, 0.1) is 0 Å². The molecule has 1 aliphatic heterocycles. The second-order valence-corrected chi connectivity index (χ2v) is 6.45. The Morgan fingerprint density at radius 2 is 2.00 bits per heavy atom. The number of rotatable bonds is 3. The zero-order valence-corrected chi connectivity index (χ0v) is 12.8. The van der Waals surface area contributed by atoms with Crippen LogP contribution in [0.4, 0.5) is 5.69 Å². The lowest BCUT2D eigenvalue weighted by Crippen LogP contribution is -2.36. The van der Waals surface area contributed by atoms with Crippen molar-refractivity contribution >= 4 is 11.5 Å². The summed E-state index contributed by atoms with van der Waals surface area (Å²) in [4.78, 5) is 2.51. The quantitative estimate of drug-likeness (QED) is 0.388. The van der Waals surface area contributed by atoms with E-state index in [1.807, 2.05) is 12.1 Å². The van der Waals surface area contributed by atoms with E-state index in [0.29, 0.717) is 6.04 Å². The van der Waals surface area contributed by atoms with Crippen molar-refractivity contribution in [1.82, 2.24) is 0 Å². The molecule has 3 N–H and O–H groups in total. The van der Waals surface area contributed by atoms with E-state index in [9.17, 15) is 0 Å². The lowest BCUT2D eigenvalue weighted by molar-refractivity contribution is 0.318. The predicted octanol–water partition coefficient (Wildman–Crippen LogP) is 3.25. The van der Waals surface area contributed by atoms with Gasteiger partial charge < -0.3 is 15.8 Å². The third-order valence-electron chi connectivity index (χ3n) is 5.09. The van der Waals surface area contributed by atoms with Gasteiger partial charge in [0.15, 0.2) is 5.84 Å². The van der Waals surface area contributed by atoms with Gasteiger partial charge in [0.1, 0.15) is 0 Å². The highest BCUT2D eigenvalue weighted by atomic mass is 16.4. The molecular formula is C17H25N3O. The van der Waals surface area contributed by atoms with Gasteiger partial charge >= 0.3 is 0 Å². The van der Waals surface area contributed by atoms with Crippen molar-refractivity contribution in [3.05, 3.63) is 29.3 Å². The maximum atomic E-state index is 9.05. The second-order valence-electron chi connectivity index (χ2n) is 6.45. The first-order valence-electron chi connectivity index (χ1n) is 8.06. The number of hydrogen-bond acceptors (Lipinski definition) is 3. The fourth-order valence-corrected chi connectivity index (χ4v) is 4.07. The Morgan fingerprint density at radius 1 is 1.24 bits per heavy atom. The molecule has 1 saturated carbocycles. The molecule has 21 heavy (non-hydrogen) atoms. The monoisotopic (exact) mass is 287 g/mol. The standard InChI is InChI=1S/C17H25N3O/c1-12-8-9-14(17(18)19-21)16(11-12)20-10-4-7-15(20)13-5-2-3-6-13/h8-9,11,13,15,21H,2-7,10H2,1H3,(H2,18,19). The number of benzene rings is 1. The first kappa shape index (κ1) is 14.2. The molecule has 0 spiro atoms. The summed E-state index contributed by atoms with van der Waals surface area (Å²) in [6.07, 6.45) is 7.96. The summed E-state index contributed by atoms with van der Waals surface area (Å²) in [5.41, 5.74) is 9.10. The van der Waals surface area contributed by atoms with Crippen LogP contribution in [0.15, 0.2) is 23.4 Å². The molecule has 1 aromatic rings. The van der Waals surface area contributed by atoms with Crippen LogP contribution < -0.4 is 10.6 Å². The average molecular weight is 287 g/mol. The van der Waals surface area contributed by atoms with E-state index in [0.717, 1.165) is 23.7 Å². The Kier molecular flexibility index (Phi) is 4.04. The van der Waals surface area contributed by atoms with Gasteiger partial charge in [-0.2, -0.15) is 0 Å². The van der Waals surface area contributed by atoms with Crippen molar-refractivity contribution in [3.8, 4) is 0 Å². The van der Waals surface area contributed by atoms with Gasteiger partial charge in [0.25, 0.3) is 0 Å². The number of hydrogen-bond donors (Lipinski definition) is 2. The Labute approximate surface area is 126 Å². The van der Waals surface area contributed by atoms with Crippen LogP contribution in [-0.2, 0) is 0 Å². The van der Waals surface area contributed by atoms with Crippen LogP contribution in [0.5, 0.6) is 0 Å². The fourth-order valence-electron chi connectivity index (χ4n) is 4.07. The molecule has 2 fully saturated rings. The van der Waals surface area contributed by atoms with Crippen LogP contribution in [0.2, 0.25) is 0 Å². The van der Waals surface area contributed by atoms with E-state index in [4.69, 9.17) is 10.9 Å². The summed E-state index contributed by atoms with van der Waals surface area (Å²) in [5.74, 6) is 1.02. The minimum absolute atomic E-state index is 0.210. The largest absolute Gasteiger partial charge is 0.409 e. The summed E-state index contributed by atoms with van der Waals surface area (Å²) in [6, 6.07) is 6.81. The van der Waals surface area contributed by atoms with Gasteiger partial charge in [0, 0.05) is 23.8 Å². The Balaban J connectivity index is 1.96. The zero-order valence-electron chi connectivity index (χ0n) is 12.8. The molecule has 1 saturated heterocycles. The van der Waals surface area contributed by atoms with Gasteiger partial charge in [0.2, 0.25) is 0 Å². The highest BCUT2D eigenvalue weighted by Crippen LogP contribution is 2.39. The van der Waals surface area contributed by atoms with Crippen LogP contribution in [0.25, 0.3) is 0 Å². The van der Waals surface area contributed by atoms with Crippen LogP contribution >= 0.6 is 0 Å². The number of aryl methyl sites for hydroxylation is 1. The summed E-state index contributed by atoms with van der Waals surface area (Å²) >= 11 is 0. The van der Waals surface area contributed by atoms with Crippen LogP contribution in [-0.4, -0.2) is 23.6 Å². The van der Waals surface area contributed by atoms with E-state index in [1.54, 1.807) is 0 Å². The summed E-state index contributed by atoms with van der Waals surface area (Å²) < 4.78 is 0. The van der Waals surface area contributed by atoms with E-state index in [1.165, 1.54) is 44.1 Å². The molecular weight excluding hydrogens is 262 g/mol. The van der Waals surface area contributed by atoms with Crippen LogP contribution in [0.3, 0.4) is 0 Å². The molecule has 1 atom stereocenters. The molecule has 2 aliphatic rings. The smallest absolute Gasteiger partial charge is 0.172 e. The maximum absolute atomic E-state index is 9.05. The van der Waals surface area contributed by atoms with Crippen molar-refractivity contribution in [2.24, 2.45) is 16.8 Å². The molecule has 0 aromatic heterocycles. The Bertz CT molecular complexity index is 535. The number of oxime groups is 1. The van der Waals surface area contributed by atoms with E-state index < -0.39 is 0 Å². The zero-order chi connectivity index (χ0) is 14.8. The van der Waals surface area contributed by atoms with Crippen molar-refractivity contribution in [2.45, 2.75) is 51.5 Å². The average Bonchev–Trinajstić information content (AvgIpc) is 3.16. The topological polar surface area (TPSA) is 61.9 Å². The lowest BCUT2D eigenvalue weighted by Gasteiger charge is -2.33.